The first kappa shape index (κ1) is 9.52. The first-order chi connectivity index (χ1) is 5.83. The molecule has 0 aromatic carbocycles. The van der Waals surface area contributed by atoms with E-state index >= 15 is 0 Å². The van der Waals surface area contributed by atoms with E-state index in [9.17, 15) is 0 Å². The van der Waals surface area contributed by atoms with Crippen LogP contribution in [0.3, 0.4) is 0 Å². The van der Waals surface area contributed by atoms with Gasteiger partial charge in [-0.15, -0.1) is 0 Å². The zero-order valence-corrected chi connectivity index (χ0v) is 7.75. The molecule has 0 bridgehead atoms. The summed E-state index contributed by atoms with van der Waals surface area (Å²) >= 11 is 0. The van der Waals surface area contributed by atoms with Crippen LogP contribution in [-0.2, 0) is 4.74 Å². The molecule has 1 saturated carbocycles. The SMILES string of the molecule is CCC(N)=NCCOCC1CC1. The van der Waals surface area contributed by atoms with Crippen molar-refractivity contribution in [3.05, 3.63) is 0 Å². The van der Waals surface area contributed by atoms with E-state index < -0.39 is 0 Å². The third kappa shape index (κ3) is 4.34. The van der Waals surface area contributed by atoms with Gasteiger partial charge in [-0.1, -0.05) is 6.92 Å². The fourth-order valence-electron chi connectivity index (χ4n) is 0.900. The first-order valence-electron chi connectivity index (χ1n) is 4.69. The lowest BCUT2D eigenvalue weighted by molar-refractivity contribution is 0.132. The van der Waals surface area contributed by atoms with Gasteiger partial charge < -0.3 is 10.5 Å². The van der Waals surface area contributed by atoms with Gasteiger partial charge in [-0.25, -0.2) is 0 Å². The van der Waals surface area contributed by atoms with Gasteiger partial charge >= 0.3 is 0 Å². The van der Waals surface area contributed by atoms with Gasteiger partial charge in [-0.3, -0.25) is 4.99 Å². The number of nitrogens with zero attached hydrogens (tertiary/aromatic N) is 1. The van der Waals surface area contributed by atoms with Crippen LogP contribution >= 0.6 is 0 Å². The average molecular weight is 170 g/mol. The molecule has 1 fully saturated rings. The van der Waals surface area contributed by atoms with E-state index in [1.54, 1.807) is 0 Å². The number of amidine groups is 1. The highest BCUT2D eigenvalue weighted by atomic mass is 16.5. The normalized spacial score (nSPS) is 18.2. The molecule has 12 heavy (non-hydrogen) atoms. The van der Waals surface area contributed by atoms with Gasteiger partial charge in [0, 0.05) is 13.0 Å². The van der Waals surface area contributed by atoms with Crippen molar-refractivity contribution in [2.75, 3.05) is 19.8 Å². The molecule has 3 nitrogen and oxygen atoms in total. The fourth-order valence-corrected chi connectivity index (χ4v) is 0.900. The molecule has 0 heterocycles. The number of hydrogen-bond donors (Lipinski definition) is 1. The molecule has 1 aliphatic rings. The topological polar surface area (TPSA) is 47.6 Å². The zero-order valence-electron chi connectivity index (χ0n) is 7.75. The van der Waals surface area contributed by atoms with Crippen molar-refractivity contribution in [2.24, 2.45) is 16.6 Å². The third-order valence-electron chi connectivity index (χ3n) is 1.96. The highest BCUT2D eigenvalue weighted by molar-refractivity contribution is 5.79. The number of rotatable bonds is 6. The van der Waals surface area contributed by atoms with E-state index in [1.807, 2.05) is 6.92 Å². The Labute approximate surface area is 74.0 Å². The summed E-state index contributed by atoms with van der Waals surface area (Å²) in [5.41, 5.74) is 5.52. The van der Waals surface area contributed by atoms with Crippen LogP contribution in [0.2, 0.25) is 0 Å². The van der Waals surface area contributed by atoms with Crippen molar-refractivity contribution in [2.45, 2.75) is 26.2 Å². The van der Waals surface area contributed by atoms with Crippen LogP contribution in [-0.4, -0.2) is 25.6 Å². The Kier molecular flexibility index (Phi) is 4.08. The van der Waals surface area contributed by atoms with E-state index in [-0.39, 0.29) is 0 Å². The van der Waals surface area contributed by atoms with Gasteiger partial charge in [0.05, 0.1) is 19.0 Å². The third-order valence-corrected chi connectivity index (χ3v) is 1.96. The van der Waals surface area contributed by atoms with E-state index in [0.717, 1.165) is 31.4 Å². The second kappa shape index (κ2) is 5.14. The molecule has 0 atom stereocenters. The Morgan fingerprint density at radius 3 is 2.92 bits per heavy atom. The van der Waals surface area contributed by atoms with Crippen LogP contribution in [0, 0.1) is 5.92 Å². The quantitative estimate of drug-likeness (QED) is 0.369. The van der Waals surface area contributed by atoms with Gasteiger partial charge in [-0.05, 0) is 18.8 Å². The molecule has 2 N–H and O–H groups in total. The van der Waals surface area contributed by atoms with Crippen molar-refractivity contribution in [3.8, 4) is 0 Å². The summed E-state index contributed by atoms with van der Waals surface area (Å²) in [6.07, 6.45) is 3.53. The summed E-state index contributed by atoms with van der Waals surface area (Å²) < 4.78 is 5.39. The molecule has 0 radical (unpaired) electrons. The minimum atomic E-state index is 0.715. The van der Waals surface area contributed by atoms with Crippen LogP contribution in [0.5, 0.6) is 0 Å². The summed E-state index contributed by atoms with van der Waals surface area (Å²) in [5.74, 6) is 1.57. The predicted octanol–water partition coefficient (Wildman–Crippen LogP) is 1.18. The molecule has 0 aliphatic heterocycles. The van der Waals surface area contributed by atoms with Gasteiger partial charge in [0.25, 0.3) is 0 Å². The van der Waals surface area contributed by atoms with Gasteiger partial charge in [0.2, 0.25) is 0 Å². The molecule has 0 unspecified atom stereocenters. The number of aliphatic imine (C=N–C) groups is 1. The summed E-state index contributed by atoms with van der Waals surface area (Å²) in [4.78, 5) is 4.13. The zero-order chi connectivity index (χ0) is 8.81. The maximum atomic E-state index is 5.52. The standard InChI is InChI=1S/C9H18N2O/c1-2-9(10)11-5-6-12-7-8-3-4-8/h8H,2-7H2,1H3,(H2,10,11). The predicted molar refractivity (Wildman–Crippen MR) is 50.3 cm³/mol. The Balaban J connectivity index is 1.87. The average Bonchev–Trinajstić information content (AvgIpc) is 2.87. The smallest absolute Gasteiger partial charge is 0.0935 e. The number of nitrogens with two attached hydrogens (primary N) is 1. The van der Waals surface area contributed by atoms with Crippen LogP contribution in [0.25, 0.3) is 0 Å². The highest BCUT2D eigenvalue weighted by Crippen LogP contribution is 2.28. The minimum Gasteiger partial charge on any atom is -0.387 e. The lowest BCUT2D eigenvalue weighted by atomic mass is 10.4. The Hall–Kier alpha value is -0.570. The summed E-state index contributed by atoms with van der Waals surface area (Å²) in [7, 11) is 0. The van der Waals surface area contributed by atoms with Gasteiger partial charge in [0.15, 0.2) is 0 Å². The molecular formula is C9H18N2O. The second-order valence-electron chi connectivity index (χ2n) is 3.24. The monoisotopic (exact) mass is 170 g/mol. The lowest BCUT2D eigenvalue weighted by Crippen LogP contribution is -2.12. The molecule has 0 aromatic heterocycles. The summed E-state index contributed by atoms with van der Waals surface area (Å²) in [5, 5.41) is 0. The maximum Gasteiger partial charge on any atom is 0.0935 e. The molecule has 3 heteroatoms. The van der Waals surface area contributed by atoms with Gasteiger partial charge in [-0.2, -0.15) is 0 Å². The fraction of sp³-hybridized carbons (Fsp3) is 0.889. The van der Waals surface area contributed by atoms with Crippen molar-refractivity contribution >= 4 is 5.84 Å². The second-order valence-corrected chi connectivity index (χ2v) is 3.24. The molecule has 1 rings (SSSR count). The van der Waals surface area contributed by atoms with E-state index in [4.69, 9.17) is 10.5 Å². The van der Waals surface area contributed by atoms with E-state index in [2.05, 4.69) is 4.99 Å². The first-order valence-corrected chi connectivity index (χ1v) is 4.69. The lowest BCUT2D eigenvalue weighted by Gasteiger charge is -2.00. The molecule has 0 spiro atoms. The van der Waals surface area contributed by atoms with Crippen LogP contribution in [0.1, 0.15) is 26.2 Å². The maximum absolute atomic E-state index is 5.52. The Morgan fingerprint density at radius 1 is 1.58 bits per heavy atom. The van der Waals surface area contributed by atoms with Crippen molar-refractivity contribution in [3.63, 3.8) is 0 Å². The Bertz CT molecular complexity index is 153. The summed E-state index contributed by atoms with van der Waals surface area (Å²) in [6.45, 7) is 4.36. The molecular weight excluding hydrogens is 152 g/mol. The molecule has 0 aromatic rings. The van der Waals surface area contributed by atoms with Crippen LogP contribution < -0.4 is 5.73 Å². The van der Waals surface area contributed by atoms with Crippen LogP contribution in [0.15, 0.2) is 4.99 Å². The van der Waals surface area contributed by atoms with Crippen LogP contribution in [0.4, 0.5) is 0 Å². The van der Waals surface area contributed by atoms with Crippen molar-refractivity contribution < 1.29 is 4.74 Å². The largest absolute Gasteiger partial charge is 0.387 e. The molecule has 1 aliphatic carbocycles. The Morgan fingerprint density at radius 2 is 2.33 bits per heavy atom. The molecule has 0 amide bonds. The van der Waals surface area contributed by atoms with Crippen molar-refractivity contribution in [1.29, 1.82) is 0 Å². The minimum absolute atomic E-state index is 0.715. The number of hydrogen-bond acceptors (Lipinski definition) is 2. The van der Waals surface area contributed by atoms with E-state index in [0.29, 0.717) is 6.54 Å². The van der Waals surface area contributed by atoms with Gasteiger partial charge in [0.1, 0.15) is 0 Å². The summed E-state index contributed by atoms with van der Waals surface area (Å²) in [6, 6.07) is 0. The highest BCUT2D eigenvalue weighted by Gasteiger charge is 2.20. The molecule has 0 saturated heterocycles. The van der Waals surface area contributed by atoms with E-state index in [1.165, 1.54) is 12.8 Å². The molecule has 70 valence electrons. The van der Waals surface area contributed by atoms with Crippen molar-refractivity contribution in [1.82, 2.24) is 0 Å². The number of ether oxygens (including phenoxy) is 1.